The number of hydrogen-bond acceptors (Lipinski definition) is 2. The van der Waals surface area contributed by atoms with Crippen molar-refractivity contribution in [3.63, 3.8) is 0 Å². The van der Waals surface area contributed by atoms with Crippen LogP contribution in [0.5, 0.6) is 0 Å². The minimum Gasteiger partial charge on any atom is -0.338 e. The van der Waals surface area contributed by atoms with Gasteiger partial charge in [-0.2, -0.15) is 0 Å². The maximum Gasteiger partial charge on any atom is 0.253 e. The molecule has 0 spiro atoms. The second-order valence-electron chi connectivity index (χ2n) is 7.31. The van der Waals surface area contributed by atoms with E-state index < -0.39 is 0 Å². The molecule has 1 N–H and O–H groups in total. The van der Waals surface area contributed by atoms with Gasteiger partial charge in [-0.3, -0.25) is 9.59 Å². The molecule has 1 fully saturated rings. The number of aromatic amines is 1. The van der Waals surface area contributed by atoms with E-state index in [0.717, 1.165) is 48.6 Å². The van der Waals surface area contributed by atoms with Gasteiger partial charge in [0, 0.05) is 23.5 Å². The van der Waals surface area contributed by atoms with Gasteiger partial charge in [0.2, 0.25) is 5.91 Å². The fourth-order valence-electron chi connectivity index (χ4n) is 3.83. The summed E-state index contributed by atoms with van der Waals surface area (Å²) in [5, 5.41) is 1.02. The number of amides is 1. The molecule has 0 aliphatic heterocycles. The SMILES string of the molecule is CCCN(Cc1cc2ccc(C)cc2[nH]c1=O)C(=O)C1CCCCC1. The Labute approximate surface area is 149 Å². The van der Waals surface area contributed by atoms with Crippen molar-refractivity contribution in [3.8, 4) is 0 Å². The van der Waals surface area contributed by atoms with E-state index in [1.807, 2.05) is 36.1 Å². The summed E-state index contributed by atoms with van der Waals surface area (Å²) in [6, 6.07) is 7.99. The Morgan fingerprint density at radius 2 is 1.96 bits per heavy atom. The van der Waals surface area contributed by atoms with E-state index in [0.29, 0.717) is 18.7 Å². The smallest absolute Gasteiger partial charge is 0.253 e. The maximum absolute atomic E-state index is 12.9. The van der Waals surface area contributed by atoms with Gasteiger partial charge in [-0.25, -0.2) is 0 Å². The summed E-state index contributed by atoms with van der Waals surface area (Å²) in [5.41, 5.74) is 2.56. The third kappa shape index (κ3) is 4.12. The first-order valence-electron chi connectivity index (χ1n) is 9.50. The fourth-order valence-corrected chi connectivity index (χ4v) is 3.83. The Kier molecular flexibility index (Phi) is 5.57. The quantitative estimate of drug-likeness (QED) is 0.889. The van der Waals surface area contributed by atoms with Crippen molar-refractivity contribution in [1.29, 1.82) is 0 Å². The number of aryl methyl sites for hydroxylation is 1. The van der Waals surface area contributed by atoms with Crippen LogP contribution in [-0.2, 0) is 11.3 Å². The van der Waals surface area contributed by atoms with E-state index in [1.165, 1.54) is 6.42 Å². The number of pyridine rings is 1. The Hall–Kier alpha value is -2.10. The molecule has 25 heavy (non-hydrogen) atoms. The standard InChI is InChI=1S/C21H28N2O2/c1-3-11-23(21(25)16-7-5-4-6-8-16)14-18-13-17-10-9-15(2)12-19(17)22-20(18)24/h9-10,12-13,16H,3-8,11,14H2,1-2H3,(H,22,24). The lowest BCUT2D eigenvalue weighted by atomic mass is 9.88. The molecule has 1 aromatic heterocycles. The fraction of sp³-hybridized carbons (Fsp3) is 0.524. The lowest BCUT2D eigenvalue weighted by molar-refractivity contribution is -0.137. The van der Waals surface area contributed by atoms with Crippen LogP contribution in [0.1, 0.15) is 56.6 Å². The molecule has 1 saturated carbocycles. The molecular formula is C21H28N2O2. The molecule has 0 bridgehead atoms. The number of fused-ring (bicyclic) bond motifs is 1. The van der Waals surface area contributed by atoms with Gasteiger partial charge in [-0.1, -0.05) is 38.3 Å². The highest BCUT2D eigenvalue weighted by atomic mass is 16.2. The molecule has 0 radical (unpaired) electrons. The van der Waals surface area contributed by atoms with E-state index in [4.69, 9.17) is 0 Å². The van der Waals surface area contributed by atoms with Gasteiger partial charge in [-0.15, -0.1) is 0 Å². The summed E-state index contributed by atoms with van der Waals surface area (Å²) in [6.07, 6.45) is 6.42. The van der Waals surface area contributed by atoms with E-state index in [-0.39, 0.29) is 17.4 Å². The molecule has 4 nitrogen and oxygen atoms in total. The molecule has 0 atom stereocenters. The van der Waals surface area contributed by atoms with Crippen molar-refractivity contribution in [3.05, 3.63) is 45.7 Å². The molecular weight excluding hydrogens is 312 g/mol. The van der Waals surface area contributed by atoms with Crippen molar-refractivity contribution in [2.45, 2.75) is 58.9 Å². The molecule has 1 aliphatic rings. The van der Waals surface area contributed by atoms with Crippen LogP contribution in [0.3, 0.4) is 0 Å². The first-order valence-corrected chi connectivity index (χ1v) is 9.50. The van der Waals surface area contributed by atoms with Gasteiger partial charge in [0.1, 0.15) is 0 Å². The number of carbonyl (C=O) groups is 1. The molecule has 1 aliphatic carbocycles. The van der Waals surface area contributed by atoms with Crippen molar-refractivity contribution < 1.29 is 4.79 Å². The minimum absolute atomic E-state index is 0.0874. The third-order valence-corrected chi connectivity index (χ3v) is 5.20. The topological polar surface area (TPSA) is 53.2 Å². The predicted molar refractivity (Wildman–Crippen MR) is 102 cm³/mol. The van der Waals surface area contributed by atoms with Gasteiger partial charge in [-0.05, 0) is 49.3 Å². The summed E-state index contributed by atoms with van der Waals surface area (Å²) < 4.78 is 0. The number of benzene rings is 1. The van der Waals surface area contributed by atoms with Crippen LogP contribution in [0.4, 0.5) is 0 Å². The number of carbonyl (C=O) groups excluding carboxylic acids is 1. The highest BCUT2D eigenvalue weighted by molar-refractivity contribution is 5.81. The molecule has 0 unspecified atom stereocenters. The summed E-state index contributed by atoms with van der Waals surface area (Å²) in [4.78, 5) is 30.3. The first-order chi connectivity index (χ1) is 12.1. The Balaban J connectivity index is 1.85. The summed E-state index contributed by atoms with van der Waals surface area (Å²) >= 11 is 0. The Bertz CT molecular complexity index is 803. The summed E-state index contributed by atoms with van der Waals surface area (Å²) in [5.74, 6) is 0.368. The zero-order valence-electron chi connectivity index (χ0n) is 15.3. The van der Waals surface area contributed by atoms with E-state index >= 15 is 0 Å². The predicted octanol–water partition coefficient (Wildman–Crippen LogP) is 4.16. The lowest BCUT2D eigenvalue weighted by Crippen LogP contribution is -2.38. The van der Waals surface area contributed by atoms with Crippen LogP contribution in [-0.4, -0.2) is 22.3 Å². The van der Waals surface area contributed by atoms with Gasteiger partial charge in [0.05, 0.1) is 6.54 Å². The third-order valence-electron chi connectivity index (χ3n) is 5.20. The van der Waals surface area contributed by atoms with Crippen LogP contribution in [0.25, 0.3) is 10.9 Å². The van der Waals surface area contributed by atoms with Crippen LogP contribution < -0.4 is 5.56 Å². The Morgan fingerprint density at radius 1 is 1.20 bits per heavy atom. The minimum atomic E-state index is -0.0874. The van der Waals surface area contributed by atoms with Crippen molar-refractivity contribution >= 4 is 16.8 Å². The lowest BCUT2D eigenvalue weighted by Gasteiger charge is -2.29. The molecule has 1 aromatic carbocycles. The number of hydrogen-bond donors (Lipinski definition) is 1. The largest absolute Gasteiger partial charge is 0.338 e. The molecule has 134 valence electrons. The van der Waals surface area contributed by atoms with Crippen molar-refractivity contribution in [2.24, 2.45) is 5.92 Å². The summed E-state index contributed by atoms with van der Waals surface area (Å²) in [7, 11) is 0. The van der Waals surface area contributed by atoms with Crippen molar-refractivity contribution in [1.82, 2.24) is 9.88 Å². The highest BCUT2D eigenvalue weighted by Crippen LogP contribution is 2.26. The molecule has 1 amide bonds. The second kappa shape index (κ2) is 7.85. The van der Waals surface area contributed by atoms with Crippen LogP contribution in [0.15, 0.2) is 29.1 Å². The number of H-pyrrole nitrogens is 1. The van der Waals surface area contributed by atoms with Gasteiger partial charge in [0.15, 0.2) is 0 Å². The molecule has 3 rings (SSSR count). The van der Waals surface area contributed by atoms with Crippen LogP contribution >= 0.6 is 0 Å². The average molecular weight is 340 g/mol. The first kappa shape index (κ1) is 17.7. The number of aromatic nitrogens is 1. The highest BCUT2D eigenvalue weighted by Gasteiger charge is 2.26. The normalized spacial score (nSPS) is 15.4. The van der Waals surface area contributed by atoms with E-state index in [9.17, 15) is 9.59 Å². The molecule has 0 saturated heterocycles. The number of nitrogens with one attached hydrogen (secondary N) is 1. The number of nitrogens with zero attached hydrogens (tertiary/aromatic N) is 1. The van der Waals surface area contributed by atoms with Crippen LogP contribution in [0, 0.1) is 12.8 Å². The van der Waals surface area contributed by atoms with Crippen molar-refractivity contribution in [2.75, 3.05) is 6.54 Å². The monoisotopic (exact) mass is 340 g/mol. The zero-order chi connectivity index (χ0) is 17.8. The van der Waals surface area contributed by atoms with Crippen LogP contribution in [0.2, 0.25) is 0 Å². The van der Waals surface area contributed by atoms with E-state index in [2.05, 4.69) is 11.9 Å². The maximum atomic E-state index is 12.9. The van der Waals surface area contributed by atoms with Gasteiger partial charge >= 0.3 is 0 Å². The second-order valence-corrected chi connectivity index (χ2v) is 7.31. The van der Waals surface area contributed by atoms with Gasteiger partial charge < -0.3 is 9.88 Å². The Morgan fingerprint density at radius 3 is 2.68 bits per heavy atom. The molecule has 1 heterocycles. The molecule has 4 heteroatoms. The van der Waals surface area contributed by atoms with E-state index in [1.54, 1.807) is 0 Å². The summed E-state index contributed by atoms with van der Waals surface area (Å²) in [6.45, 7) is 5.20. The zero-order valence-corrected chi connectivity index (χ0v) is 15.3. The number of rotatable bonds is 5. The van der Waals surface area contributed by atoms with Gasteiger partial charge in [0.25, 0.3) is 5.56 Å². The average Bonchev–Trinajstić information content (AvgIpc) is 2.62. The molecule has 2 aromatic rings.